The van der Waals surface area contributed by atoms with Crippen LogP contribution in [0.25, 0.3) is 11.1 Å². The topological polar surface area (TPSA) is 22.0 Å². The van der Waals surface area contributed by atoms with Crippen LogP contribution in [0.1, 0.15) is 5.56 Å². The summed E-state index contributed by atoms with van der Waals surface area (Å²) in [5.41, 5.74) is 1.98. The van der Waals surface area contributed by atoms with E-state index in [2.05, 4.69) is 0 Å². The Hall–Kier alpha value is -2.39. The molecule has 0 aliphatic heterocycles. The van der Waals surface area contributed by atoms with E-state index >= 15 is 0 Å². The van der Waals surface area contributed by atoms with Crippen LogP contribution in [0.3, 0.4) is 0 Å². The van der Waals surface area contributed by atoms with Gasteiger partial charge in [-0.25, -0.2) is 4.39 Å². The zero-order valence-corrected chi connectivity index (χ0v) is 12.4. The molecular weight excluding hydrogens is 301 g/mol. The van der Waals surface area contributed by atoms with Crippen molar-refractivity contribution in [3.05, 3.63) is 93.6 Å². The van der Waals surface area contributed by atoms with Crippen molar-refractivity contribution in [3.8, 4) is 11.1 Å². The maximum Gasteiger partial charge on any atom is 0.250 e. The Morgan fingerprint density at radius 3 is 2.41 bits per heavy atom. The molecule has 3 rings (SSSR count). The zero-order valence-electron chi connectivity index (χ0n) is 11.7. The van der Waals surface area contributed by atoms with Gasteiger partial charge in [-0.2, -0.15) is 0 Å². The lowest BCUT2D eigenvalue weighted by Crippen LogP contribution is -2.19. The lowest BCUT2D eigenvalue weighted by atomic mass is 10.1. The zero-order chi connectivity index (χ0) is 15.5. The number of pyridine rings is 1. The predicted molar refractivity (Wildman–Crippen MR) is 86.7 cm³/mol. The van der Waals surface area contributed by atoms with Gasteiger partial charge in [0.25, 0.3) is 5.56 Å². The fraction of sp³-hybridized carbons (Fsp3) is 0.0556. The van der Waals surface area contributed by atoms with E-state index in [0.717, 1.165) is 5.56 Å². The van der Waals surface area contributed by atoms with Gasteiger partial charge in [0.2, 0.25) is 0 Å². The molecule has 0 unspecified atom stereocenters. The molecule has 3 aromatic rings. The maximum atomic E-state index is 13.9. The molecule has 2 aromatic carbocycles. The molecule has 0 amide bonds. The van der Waals surface area contributed by atoms with E-state index in [1.807, 2.05) is 12.1 Å². The fourth-order valence-electron chi connectivity index (χ4n) is 2.30. The molecule has 0 radical (unpaired) electrons. The Morgan fingerprint density at radius 1 is 0.955 bits per heavy atom. The first kappa shape index (κ1) is 14.5. The summed E-state index contributed by atoms with van der Waals surface area (Å²) in [6.07, 6.45) is 1.68. The Morgan fingerprint density at radius 2 is 1.68 bits per heavy atom. The van der Waals surface area contributed by atoms with Gasteiger partial charge >= 0.3 is 0 Å². The fourth-order valence-corrected chi connectivity index (χ4v) is 2.42. The number of hydrogen-bond donors (Lipinski definition) is 0. The van der Waals surface area contributed by atoms with Gasteiger partial charge in [-0.05, 0) is 29.8 Å². The number of hydrogen-bond acceptors (Lipinski definition) is 1. The number of nitrogens with zero attached hydrogens (tertiary/aromatic N) is 1. The van der Waals surface area contributed by atoms with E-state index in [9.17, 15) is 9.18 Å². The SMILES string of the molecule is O=c1ccc(-c2ccccc2F)cn1Cc1ccc(Cl)cc1. The second kappa shape index (κ2) is 6.16. The molecular formula is C18H13ClFNO. The van der Waals surface area contributed by atoms with E-state index in [1.54, 1.807) is 47.2 Å². The predicted octanol–water partition coefficient (Wildman–Crippen LogP) is 4.36. The van der Waals surface area contributed by atoms with Gasteiger partial charge < -0.3 is 4.57 Å². The summed E-state index contributed by atoms with van der Waals surface area (Å²) in [4.78, 5) is 12.0. The average Bonchev–Trinajstić information content (AvgIpc) is 2.52. The van der Waals surface area contributed by atoms with Gasteiger partial charge in [0.05, 0.1) is 6.54 Å². The smallest absolute Gasteiger partial charge is 0.250 e. The van der Waals surface area contributed by atoms with Gasteiger partial charge in [-0.1, -0.05) is 41.9 Å². The van der Waals surface area contributed by atoms with Crippen molar-refractivity contribution in [3.63, 3.8) is 0 Å². The van der Waals surface area contributed by atoms with E-state index in [4.69, 9.17) is 11.6 Å². The molecule has 0 atom stereocenters. The molecule has 0 aliphatic carbocycles. The van der Waals surface area contributed by atoms with Crippen molar-refractivity contribution in [1.82, 2.24) is 4.57 Å². The van der Waals surface area contributed by atoms with Crippen LogP contribution in [0.15, 0.2) is 71.7 Å². The Bertz CT molecular complexity index is 855. The van der Waals surface area contributed by atoms with Crippen LogP contribution in [-0.2, 0) is 6.54 Å². The van der Waals surface area contributed by atoms with Crippen molar-refractivity contribution < 1.29 is 4.39 Å². The van der Waals surface area contributed by atoms with E-state index in [1.165, 1.54) is 12.1 Å². The van der Waals surface area contributed by atoms with Gasteiger partial charge in [0.15, 0.2) is 0 Å². The number of rotatable bonds is 3. The highest BCUT2D eigenvalue weighted by atomic mass is 35.5. The third-order valence-corrected chi connectivity index (χ3v) is 3.69. The molecule has 4 heteroatoms. The van der Waals surface area contributed by atoms with Crippen LogP contribution in [0.5, 0.6) is 0 Å². The lowest BCUT2D eigenvalue weighted by Gasteiger charge is -2.09. The van der Waals surface area contributed by atoms with Gasteiger partial charge in [-0.3, -0.25) is 4.79 Å². The number of halogens is 2. The summed E-state index contributed by atoms with van der Waals surface area (Å²) in [7, 11) is 0. The molecule has 22 heavy (non-hydrogen) atoms. The third kappa shape index (κ3) is 3.10. The van der Waals surface area contributed by atoms with Crippen LogP contribution >= 0.6 is 11.6 Å². The van der Waals surface area contributed by atoms with E-state index < -0.39 is 0 Å². The summed E-state index contributed by atoms with van der Waals surface area (Å²) in [5.74, 6) is -0.306. The molecule has 110 valence electrons. The van der Waals surface area contributed by atoms with Crippen molar-refractivity contribution in [2.24, 2.45) is 0 Å². The van der Waals surface area contributed by atoms with Crippen LogP contribution < -0.4 is 5.56 Å². The summed E-state index contributed by atoms with van der Waals surface area (Å²) in [6, 6.07) is 16.9. The first-order valence-corrected chi connectivity index (χ1v) is 7.21. The quantitative estimate of drug-likeness (QED) is 0.704. The second-order valence-electron chi connectivity index (χ2n) is 4.99. The number of benzene rings is 2. The van der Waals surface area contributed by atoms with Gasteiger partial charge in [-0.15, -0.1) is 0 Å². The molecule has 0 bridgehead atoms. The molecule has 0 fully saturated rings. The normalized spacial score (nSPS) is 10.6. The monoisotopic (exact) mass is 313 g/mol. The Balaban J connectivity index is 1.98. The largest absolute Gasteiger partial charge is 0.310 e. The summed E-state index contributed by atoms with van der Waals surface area (Å²) in [5, 5.41) is 0.649. The molecule has 0 spiro atoms. The van der Waals surface area contributed by atoms with Crippen molar-refractivity contribution in [2.45, 2.75) is 6.54 Å². The van der Waals surface area contributed by atoms with Crippen LogP contribution in [0.4, 0.5) is 4.39 Å². The molecule has 0 saturated carbocycles. The minimum Gasteiger partial charge on any atom is -0.310 e. The molecule has 0 N–H and O–H groups in total. The minimum absolute atomic E-state index is 0.130. The summed E-state index contributed by atoms with van der Waals surface area (Å²) in [6.45, 7) is 0.415. The highest BCUT2D eigenvalue weighted by Crippen LogP contribution is 2.21. The van der Waals surface area contributed by atoms with Crippen molar-refractivity contribution in [2.75, 3.05) is 0 Å². The summed E-state index contributed by atoms with van der Waals surface area (Å²) < 4.78 is 15.4. The Kier molecular flexibility index (Phi) is 4.07. The van der Waals surface area contributed by atoms with E-state index in [-0.39, 0.29) is 11.4 Å². The van der Waals surface area contributed by atoms with E-state index in [0.29, 0.717) is 22.7 Å². The minimum atomic E-state index is -0.306. The second-order valence-corrected chi connectivity index (χ2v) is 5.43. The first-order chi connectivity index (χ1) is 10.6. The molecule has 2 nitrogen and oxygen atoms in total. The maximum absolute atomic E-state index is 13.9. The highest BCUT2D eigenvalue weighted by Gasteiger charge is 2.06. The van der Waals surface area contributed by atoms with Crippen LogP contribution in [-0.4, -0.2) is 4.57 Å². The van der Waals surface area contributed by atoms with Gasteiger partial charge in [0.1, 0.15) is 5.82 Å². The Labute approximate surface area is 132 Å². The highest BCUT2D eigenvalue weighted by molar-refractivity contribution is 6.30. The number of aromatic nitrogens is 1. The summed E-state index contributed by atoms with van der Waals surface area (Å²) >= 11 is 5.86. The van der Waals surface area contributed by atoms with Crippen LogP contribution in [0.2, 0.25) is 5.02 Å². The lowest BCUT2D eigenvalue weighted by molar-refractivity contribution is 0.631. The molecule has 0 saturated heterocycles. The van der Waals surface area contributed by atoms with Crippen molar-refractivity contribution in [1.29, 1.82) is 0 Å². The average molecular weight is 314 g/mol. The van der Waals surface area contributed by atoms with Gasteiger partial charge in [0, 0.05) is 28.4 Å². The van der Waals surface area contributed by atoms with Crippen LogP contribution in [0, 0.1) is 5.82 Å². The molecule has 1 aromatic heterocycles. The first-order valence-electron chi connectivity index (χ1n) is 6.83. The molecule has 1 heterocycles. The molecule has 0 aliphatic rings. The standard InChI is InChI=1S/C18H13ClFNO/c19-15-8-5-13(6-9-15)11-21-12-14(7-10-18(21)22)16-3-1-2-4-17(16)20/h1-10,12H,11H2. The van der Waals surface area contributed by atoms with Crippen molar-refractivity contribution >= 4 is 11.6 Å². The third-order valence-electron chi connectivity index (χ3n) is 3.43.